The summed E-state index contributed by atoms with van der Waals surface area (Å²) in [7, 11) is 3.45. The first-order valence-corrected chi connectivity index (χ1v) is 7.16. The van der Waals surface area contributed by atoms with Crippen LogP contribution in [0, 0.1) is 18.7 Å². The molecule has 0 spiro atoms. The van der Waals surface area contributed by atoms with Gasteiger partial charge in [0.05, 0.1) is 0 Å². The van der Waals surface area contributed by atoms with Crippen LogP contribution in [-0.4, -0.2) is 48.8 Å². The maximum atomic E-state index is 13.3. The molecule has 1 aliphatic heterocycles. The van der Waals surface area contributed by atoms with Crippen molar-refractivity contribution in [2.75, 3.05) is 27.2 Å². The number of ketones is 1. The van der Waals surface area contributed by atoms with Gasteiger partial charge in [0.25, 0.3) is 0 Å². The highest BCUT2D eigenvalue weighted by atomic mass is 19.1. The Balaban J connectivity index is 2.00. The van der Waals surface area contributed by atoms with E-state index >= 15 is 0 Å². The van der Waals surface area contributed by atoms with E-state index in [-0.39, 0.29) is 23.5 Å². The van der Waals surface area contributed by atoms with E-state index < -0.39 is 0 Å². The zero-order chi connectivity index (χ0) is 15.6. The fourth-order valence-electron chi connectivity index (χ4n) is 2.65. The molecule has 0 atom stereocenters. The van der Waals surface area contributed by atoms with E-state index in [9.17, 15) is 14.0 Å². The molecule has 1 saturated heterocycles. The van der Waals surface area contributed by atoms with Crippen LogP contribution >= 0.6 is 0 Å². The van der Waals surface area contributed by atoms with Crippen LogP contribution in [0.5, 0.6) is 0 Å². The third-order valence-corrected chi connectivity index (χ3v) is 3.96. The Morgan fingerprint density at radius 1 is 1.24 bits per heavy atom. The second kappa shape index (κ2) is 6.24. The monoisotopic (exact) mass is 292 g/mol. The molecule has 4 nitrogen and oxygen atoms in total. The Morgan fingerprint density at radius 3 is 2.38 bits per heavy atom. The molecule has 0 aromatic heterocycles. The Kier molecular flexibility index (Phi) is 4.60. The van der Waals surface area contributed by atoms with Crippen LogP contribution in [0.4, 0.5) is 9.18 Å². The molecule has 2 amide bonds. The van der Waals surface area contributed by atoms with Crippen LogP contribution in [0.1, 0.15) is 28.8 Å². The molecule has 0 N–H and O–H groups in total. The number of halogens is 1. The van der Waals surface area contributed by atoms with Crippen molar-refractivity contribution in [3.63, 3.8) is 0 Å². The summed E-state index contributed by atoms with van der Waals surface area (Å²) in [5, 5.41) is 0. The van der Waals surface area contributed by atoms with Crippen LogP contribution in [0.3, 0.4) is 0 Å². The summed E-state index contributed by atoms with van der Waals surface area (Å²) in [5.41, 5.74) is 1.05. The molecule has 0 aliphatic carbocycles. The molecular weight excluding hydrogens is 271 g/mol. The first kappa shape index (κ1) is 15.5. The summed E-state index contributed by atoms with van der Waals surface area (Å²) < 4.78 is 13.3. The number of benzene rings is 1. The molecule has 1 aliphatic rings. The minimum atomic E-state index is -0.294. The fraction of sp³-hybridized carbons (Fsp3) is 0.500. The Labute approximate surface area is 124 Å². The molecule has 0 radical (unpaired) electrons. The van der Waals surface area contributed by atoms with Crippen molar-refractivity contribution in [2.45, 2.75) is 19.8 Å². The summed E-state index contributed by atoms with van der Waals surface area (Å²) in [4.78, 5) is 27.6. The topological polar surface area (TPSA) is 40.6 Å². The van der Waals surface area contributed by atoms with Gasteiger partial charge >= 0.3 is 6.03 Å². The minimum Gasteiger partial charge on any atom is -0.331 e. The summed E-state index contributed by atoms with van der Waals surface area (Å²) in [5.74, 6) is -0.325. The van der Waals surface area contributed by atoms with Crippen molar-refractivity contribution in [1.29, 1.82) is 0 Å². The van der Waals surface area contributed by atoms with Gasteiger partial charge in [-0.25, -0.2) is 9.18 Å². The first-order valence-electron chi connectivity index (χ1n) is 7.16. The highest BCUT2D eigenvalue weighted by Gasteiger charge is 2.28. The van der Waals surface area contributed by atoms with Crippen LogP contribution in [0.25, 0.3) is 0 Å². The SMILES string of the molecule is Cc1cc(C(=O)C2CCN(C(=O)N(C)C)CC2)ccc1F. The van der Waals surface area contributed by atoms with Gasteiger partial charge in [-0.3, -0.25) is 4.79 Å². The second-order valence-corrected chi connectivity index (χ2v) is 5.77. The molecule has 0 unspecified atom stereocenters. The molecule has 114 valence electrons. The maximum Gasteiger partial charge on any atom is 0.319 e. The predicted molar refractivity (Wildman–Crippen MR) is 78.8 cm³/mol. The van der Waals surface area contributed by atoms with Crippen LogP contribution in [0.2, 0.25) is 0 Å². The molecule has 1 aromatic rings. The Bertz CT molecular complexity index is 549. The number of likely N-dealkylation sites (tertiary alicyclic amines) is 1. The number of carbonyl (C=O) groups is 2. The van der Waals surface area contributed by atoms with E-state index in [1.807, 2.05) is 0 Å². The van der Waals surface area contributed by atoms with Gasteiger partial charge in [0, 0.05) is 38.7 Å². The number of nitrogens with zero attached hydrogens (tertiary/aromatic N) is 2. The maximum absolute atomic E-state index is 13.3. The molecule has 1 heterocycles. The quantitative estimate of drug-likeness (QED) is 0.786. The number of Topliss-reactive ketones (excluding diaryl/α,β-unsaturated/α-hetero) is 1. The smallest absolute Gasteiger partial charge is 0.319 e. The highest BCUT2D eigenvalue weighted by molar-refractivity contribution is 5.98. The number of rotatable bonds is 2. The number of urea groups is 1. The Morgan fingerprint density at radius 2 is 1.86 bits per heavy atom. The van der Waals surface area contributed by atoms with Gasteiger partial charge < -0.3 is 9.80 Å². The average Bonchev–Trinajstić information content (AvgIpc) is 2.48. The van der Waals surface area contributed by atoms with Gasteiger partial charge in [-0.1, -0.05) is 0 Å². The summed E-state index contributed by atoms with van der Waals surface area (Å²) >= 11 is 0. The van der Waals surface area contributed by atoms with Gasteiger partial charge in [0.1, 0.15) is 5.82 Å². The van der Waals surface area contributed by atoms with Crippen LogP contribution in [-0.2, 0) is 0 Å². The van der Waals surface area contributed by atoms with Crippen molar-refractivity contribution in [3.05, 3.63) is 35.1 Å². The van der Waals surface area contributed by atoms with Crippen molar-refractivity contribution in [2.24, 2.45) is 5.92 Å². The van der Waals surface area contributed by atoms with Gasteiger partial charge in [0.15, 0.2) is 5.78 Å². The lowest BCUT2D eigenvalue weighted by atomic mass is 9.88. The number of hydrogen-bond donors (Lipinski definition) is 0. The third-order valence-electron chi connectivity index (χ3n) is 3.96. The minimum absolute atomic E-state index is 0.0153. The van der Waals surface area contributed by atoms with Crippen molar-refractivity contribution in [1.82, 2.24) is 9.80 Å². The predicted octanol–water partition coefficient (Wildman–Crippen LogP) is 2.71. The average molecular weight is 292 g/mol. The van der Waals surface area contributed by atoms with Crippen molar-refractivity contribution < 1.29 is 14.0 Å². The molecule has 1 aromatic carbocycles. The molecule has 0 saturated carbocycles. The number of amides is 2. The number of aryl methyl sites for hydroxylation is 1. The summed E-state index contributed by atoms with van der Waals surface area (Å²) in [6.45, 7) is 2.84. The van der Waals surface area contributed by atoms with Gasteiger partial charge in [-0.15, -0.1) is 0 Å². The van der Waals surface area contributed by atoms with Gasteiger partial charge in [-0.2, -0.15) is 0 Å². The van der Waals surface area contributed by atoms with Crippen molar-refractivity contribution >= 4 is 11.8 Å². The lowest BCUT2D eigenvalue weighted by molar-refractivity contribution is 0.0843. The Hall–Kier alpha value is -1.91. The number of carbonyl (C=O) groups excluding carboxylic acids is 2. The normalized spacial score (nSPS) is 15.9. The van der Waals surface area contributed by atoms with E-state index in [0.29, 0.717) is 37.1 Å². The molecule has 0 bridgehead atoms. The first-order chi connectivity index (χ1) is 9.90. The number of hydrogen-bond acceptors (Lipinski definition) is 2. The molecule has 5 heteroatoms. The van der Waals surface area contributed by atoms with Gasteiger partial charge in [0.2, 0.25) is 0 Å². The summed E-state index contributed by atoms with van der Waals surface area (Å²) in [6, 6.07) is 4.48. The van der Waals surface area contributed by atoms with E-state index in [4.69, 9.17) is 0 Å². The van der Waals surface area contributed by atoms with Gasteiger partial charge in [-0.05, 0) is 43.5 Å². The summed E-state index contributed by atoms with van der Waals surface area (Å²) in [6.07, 6.45) is 1.32. The molecule has 1 fully saturated rings. The largest absolute Gasteiger partial charge is 0.331 e. The highest BCUT2D eigenvalue weighted by Crippen LogP contribution is 2.23. The van der Waals surface area contributed by atoms with E-state index in [0.717, 1.165) is 0 Å². The zero-order valence-corrected chi connectivity index (χ0v) is 12.7. The molecule has 2 rings (SSSR count). The lowest BCUT2D eigenvalue weighted by Gasteiger charge is -2.33. The van der Waals surface area contributed by atoms with E-state index in [2.05, 4.69) is 0 Å². The molecular formula is C16H21FN2O2. The number of piperidine rings is 1. The second-order valence-electron chi connectivity index (χ2n) is 5.77. The standard InChI is InChI=1S/C16H21FN2O2/c1-11-10-13(4-5-14(11)17)15(20)12-6-8-19(9-7-12)16(21)18(2)3/h4-5,10,12H,6-9H2,1-3H3. The van der Waals surface area contributed by atoms with E-state index in [1.165, 1.54) is 6.07 Å². The zero-order valence-electron chi connectivity index (χ0n) is 12.7. The van der Waals surface area contributed by atoms with Crippen LogP contribution < -0.4 is 0 Å². The third kappa shape index (κ3) is 3.40. The molecule has 21 heavy (non-hydrogen) atoms. The van der Waals surface area contributed by atoms with Crippen LogP contribution in [0.15, 0.2) is 18.2 Å². The van der Waals surface area contributed by atoms with E-state index in [1.54, 1.807) is 43.0 Å². The lowest BCUT2D eigenvalue weighted by Crippen LogP contribution is -2.44. The fourth-order valence-corrected chi connectivity index (χ4v) is 2.65. The van der Waals surface area contributed by atoms with Crippen molar-refractivity contribution in [3.8, 4) is 0 Å².